The van der Waals surface area contributed by atoms with Crippen LogP contribution in [0.1, 0.15) is 6.42 Å². The average Bonchev–Trinajstić information content (AvgIpc) is 2.18. The van der Waals surface area contributed by atoms with Crippen molar-refractivity contribution in [3.05, 3.63) is 48.6 Å². The molecule has 1 unspecified atom stereocenters. The minimum absolute atomic E-state index is 0.665. The van der Waals surface area contributed by atoms with E-state index >= 15 is 0 Å². The Bertz CT molecular complexity index is 412. The van der Waals surface area contributed by atoms with Crippen LogP contribution >= 0.6 is 0 Å². The third-order valence-electron chi connectivity index (χ3n) is 2.23. The second-order valence-corrected chi connectivity index (χ2v) is 3.62. The Labute approximate surface area is 89.0 Å². The summed E-state index contributed by atoms with van der Waals surface area (Å²) >= 11 is 0. The quantitative estimate of drug-likeness (QED) is 0.568. The first-order valence-electron chi connectivity index (χ1n) is 4.86. The molecule has 15 heavy (non-hydrogen) atoms. The molecule has 0 bridgehead atoms. The molecule has 2 rings (SSSR count). The Morgan fingerprint density at radius 3 is 2.80 bits per heavy atom. The summed E-state index contributed by atoms with van der Waals surface area (Å²) in [5, 5.41) is 0. The average molecular weight is 202 g/mol. The van der Waals surface area contributed by atoms with Crippen LogP contribution in [0, 0.1) is 0 Å². The van der Waals surface area contributed by atoms with Crippen molar-refractivity contribution in [3.8, 4) is 5.75 Å². The van der Waals surface area contributed by atoms with Gasteiger partial charge in [0.2, 0.25) is 0 Å². The lowest BCUT2D eigenvalue weighted by Gasteiger charge is -2.27. The molecule has 0 aromatic heterocycles. The van der Waals surface area contributed by atoms with Gasteiger partial charge >= 0.3 is 0 Å². The van der Waals surface area contributed by atoms with Crippen LogP contribution in [0.4, 0.5) is 5.69 Å². The van der Waals surface area contributed by atoms with Crippen molar-refractivity contribution in [2.24, 2.45) is 5.73 Å². The van der Waals surface area contributed by atoms with Crippen LogP contribution in [0.3, 0.4) is 0 Å². The summed E-state index contributed by atoms with van der Waals surface area (Å²) in [5.74, 6) is 0.692. The van der Waals surface area contributed by atoms with E-state index in [1.165, 1.54) is 0 Å². The molecule has 0 saturated heterocycles. The molecular weight excluding hydrogens is 188 g/mol. The third kappa shape index (κ3) is 2.39. The monoisotopic (exact) mass is 202 g/mol. The van der Waals surface area contributed by atoms with E-state index in [1.54, 1.807) is 6.07 Å². The van der Waals surface area contributed by atoms with Gasteiger partial charge in [-0.3, -0.25) is 5.73 Å². The topological polar surface area (TPSA) is 61.3 Å². The molecule has 4 N–H and O–H groups in total. The molecule has 78 valence electrons. The zero-order valence-electron chi connectivity index (χ0n) is 8.39. The Morgan fingerprint density at radius 2 is 2.13 bits per heavy atom. The van der Waals surface area contributed by atoms with Gasteiger partial charge in [-0.05, 0) is 18.2 Å². The van der Waals surface area contributed by atoms with E-state index in [9.17, 15) is 0 Å². The summed E-state index contributed by atoms with van der Waals surface area (Å²) in [6.07, 6.45) is 8.32. The van der Waals surface area contributed by atoms with Gasteiger partial charge in [0.25, 0.3) is 0 Å². The standard InChI is InChI=1S/C12H14N2O/c13-10-5-4-6-11(9-10)15-12(14)7-2-1-3-8-12/h1-7,9H,8,13-14H2. The van der Waals surface area contributed by atoms with E-state index in [0.29, 0.717) is 17.9 Å². The normalized spacial score (nSPS) is 24.1. The van der Waals surface area contributed by atoms with Crippen molar-refractivity contribution >= 4 is 5.69 Å². The highest BCUT2D eigenvalue weighted by Gasteiger charge is 2.23. The molecule has 3 nitrogen and oxygen atoms in total. The second-order valence-electron chi connectivity index (χ2n) is 3.62. The molecule has 0 amide bonds. The molecule has 0 fully saturated rings. The van der Waals surface area contributed by atoms with Crippen LogP contribution in [0.15, 0.2) is 48.6 Å². The van der Waals surface area contributed by atoms with Gasteiger partial charge in [-0.25, -0.2) is 0 Å². The fourth-order valence-corrected chi connectivity index (χ4v) is 1.49. The second kappa shape index (κ2) is 3.79. The number of nitrogen functional groups attached to an aromatic ring is 1. The lowest BCUT2D eigenvalue weighted by Crippen LogP contribution is -2.44. The number of nitrogens with two attached hydrogens (primary N) is 2. The lowest BCUT2D eigenvalue weighted by molar-refractivity contribution is 0.129. The van der Waals surface area contributed by atoms with Gasteiger partial charge in [0.15, 0.2) is 5.72 Å². The summed E-state index contributed by atoms with van der Waals surface area (Å²) in [4.78, 5) is 0. The first-order chi connectivity index (χ1) is 7.18. The largest absolute Gasteiger partial charge is 0.469 e. The van der Waals surface area contributed by atoms with Gasteiger partial charge in [-0.15, -0.1) is 0 Å². The summed E-state index contributed by atoms with van der Waals surface area (Å²) in [6, 6.07) is 7.26. The predicted molar refractivity (Wildman–Crippen MR) is 61.3 cm³/mol. The van der Waals surface area contributed by atoms with Crippen molar-refractivity contribution in [1.82, 2.24) is 0 Å². The van der Waals surface area contributed by atoms with Crippen LogP contribution in [-0.2, 0) is 0 Å². The molecule has 0 aliphatic heterocycles. The van der Waals surface area contributed by atoms with Gasteiger partial charge in [0, 0.05) is 18.2 Å². The third-order valence-corrected chi connectivity index (χ3v) is 2.23. The van der Waals surface area contributed by atoms with Gasteiger partial charge in [-0.1, -0.05) is 24.3 Å². The summed E-state index contributed by atoms with van der Waals surface area (Å²) in [6.45, 7) is 0. The molecule has 1 aliphatic carbocycles. The Hall–Kier alpha value is -1.74. The Kier molecular flexibility index (Phi) is 2.47. The first kappa shape index (κ1) is 9.80. The van der Waals surface area contributed by atoms with Gasteiger partial charge in [0.1, 0.15) is 5.75 Å². The maximum atomic E-state index is 6.04. The molecule has 3 heteroatoms. The van der Waals surface area contributed by atoms with Crippen LogP contribution < -0.4 is 16.2 Å². The Morgan fingerprint density at radius 1 is 1.27 bits per heavy atom. The van der Waals surface area contributed by atoms with Crippen molar-refractivity contribution in [2.45, 2.75) is 12.1 Å². The fourth-order valence-electron chi connectivity index (χ4n) is 1.49. The first-order valence-corrected chi connectivity index (χ1v) is 4.86. The lowest BCUT2D eigenvalue weighted by atomic mass is 10.1. The van der Waals surface area contributed by atoms with E-state index < -0.39 is 5.72 Å². The van der Waals surface area contributed by atoms with E-state index in [1.807, 2.05) is 42.5 Å². The van der Waals surface area contributed by atoms with Crippen molar-refractivity contribution < 1.29 is 4.74 Å². The number of anilines is 1. The summed E-state index contributed by atoms with van der Waals surface area (Å²) in [5.41, 5.74) is 11.6. The smallest absolute Gasteiger partial charge is 0.181 e. The van der Waals surface area contributed by atoms with Gasteiger partial charge in [-0.2, -0.15) is 0 Å². The number of allylic oxidation sites excluding steroid dienone is 2. The van der Waals surface area contributed by atoms with E-state index in [4.69, 9.17) is 16.2 Å². The number of hydrogen-bond donors (Lipinski definition) is 2. The number of hydrogen-bond acceptors (Lipinski definition) is 3. The molecule has 1 atom stereocenters. The molecule has 0 heterocycles. The molecule has 1 aliphatic rings. The SMILES string of the molecule is Nc1cccc(OC2(N)C=CC=CC2)c1. The maximum Gasteiger partial charge on any atom is 0.181 e. The molecule has 0 radical (unpaired) electrons. The zero-order chi connectivity index (χ0) is 10.7. The van der Waals surface area contributed by atoms with E-state index in [2.05, 4.69) is 0 Å². The van der Waals surface area contributed by atoms with Crippen LogP contribution in [0.2, 0.25) is 0 Å². The predicted octanol–water partition coefficient (Wildman–Crippen LogP) is 1.82. The van der Waals surface area contributed by atoms with Crippen LogP contribution in [0.5, 0.6) is 5.75 Å². The van der Waals surface area contributed by atoms with E-state index in [-0.39, 0.29) is 0 Å². The molecule has 1 aromatic rings. The van der Waals surface area contributed by atoms with Gasteiger partial charge < -0.3 is 10.5 Å². The molecule has 0 saturated carbocycles. The summed E-state index contributed by atoms with van der Waals surface area (Å²) in [7, 11) is 0. The van der Waals surface area contributed by atoms with Crippen LogP contribution in [0.25, 0.3) is 0 Å². The minimum atomic E-state index is -0.747. The molecular formula is C12H14N2O. The fraction of sp³-hybridized carbons (Fsp3) is 0.167. The maximum absolute atomic E-state index is 6.04. The van der Waals surface area contributed by atoms with Crippen molar-refractivity contribution in [1.29, 1.82) is 0 Å². The van der Waals surface area contributed by atoms with Crippen molar-refractivity contribution in [3.63, 3.8) is 0 Å². The highest BCUT2D eigenvalue weighted by atomic mass is 16.5. The minimum Gasteiger partial charge on any atom is -0.469 e. The van der Waals surface area contributed by atoms with Gasteiger partial charge in [0.05, 0.1) is 0 Å². The molecule has 1 aromatic carbocycles. The highest BCUT2D eigenvalue weighted by Crippen LogP contribution is 2.22. The number of rotatable bonds is 2. The molecule has 0 spiro atoms. The summed E-state index contributed by atoms with van der Waals surface area (Å²) < 4.78 is 5.68. The zero-order valence-corrected chi connectivity index (χ0v) is 8.39. The highest BCUT2D eigenvalue weighted by molar-refractivity contribution is 5.44. The number of benzene rings is 1. The van der Waals surface area contributed by atoms with Crippen LogP contribution in [-0.4, -0.2) is 5.72 Å². The van der Waals surface area contributed by atoms with E-state index in [0.717, 1.165) is 0 Å². The number of ether oxygens (including phenoxy) is 1. The Balaban J connectivity index is 2.15. The van der Waals surface area contributed by atoms with Crippen molar-refractivity contribution in [2.75, 3.05) is 5.73 Å².